The van der Waals surface area contributed by atoms with Crippen molar-refractivity contribution in [1.29, 1.82) is 0 Å². The minimum atomic E-state index is -0.323. The number of nitrogens with zero attached hydrogens (tertiary/aromatic N) is 3. The molecule has 0 radical (unpaired) electrons. The van der Waals surface area contributed by atoms with Gasteiger partial charge in [-0.15, -0.1) is 0 Å². The molecule has 1 aliphatic heterocycles. The third kappa shape index (κ3) is 5.00. The average molecular weight is 424 g/mol. The summed E-state index contributed by atoms with van der Waals surface area (Å²) in [6.45, 7) is 5.94. The van der Waals surface area contributed by atoms with E-state index in [-0.39, 0.29) is 18.4 Å². The summed E-state index contributed by atoms with van der Waals surface area (Å²) in [6, 6.07) is 11.3. The Morgan fingerprint density at radius 1 is 0.935 bits per heavy atom. The van der Waals surface area contributed by atoms with Crippen LogP contribution in [0, 0.1) is 13.8 Å². The van der Waals surface area contributed by atoms with Gasteiger partial charge in [0.15, 0.2) is 0 Å². The van der Waals surface area contributed by atoms with E-state index in [1.165, 1.54) is 4.90 Å². The summed E-state index contributed by atoms with van der Waals surface area (Å²) in [7, 11) is 3.23. The highest BCUT2D eigenvalue weighted by Gasteiger charge is 2.41. The van der Waals surface area contributed by atoms with E-state index in [1.54, 1.807) is 26.5 Å². The molecule has 0 unspecified atom stereocenters. The topological polar surface area (TPSA) is 72.0 Å². The molecular formula is C24H29N3O4. The van der Waals surface area contributed by atoms with Gasteiger partial charge in [0.25, 0.3) is 11.8 Å². The van der Waals surface area contributed by atoms with Crippen molar-refractivity contribution in [3.63, 3.8) is 0 Å². The molecule has 0 N–H and O–H groups in total. The van der Waals surface area contributed by atoms with E-state index in [9.17, 15) is 9.59 Å². The summed E-state index contributed by atoms with van der Waals surface area (Å²) in [5.74, 6) is -0.634. The lowest BCUT2D eigenvalue weighted by Gasteiger charge is -2.25. The Bertz CT molecular complexity index is 964. The first kappa shape index (κ1) is 22.7. The first-order chi connectivity index (χ1) is 15.0. The largest absolute Gasteiger partial charge is 0.383 e. The van der Waals surface area contributed by atoms with Crippen molar-refractivity contribution in [2.75, 3.05) is 40.5 Å². The maximum atomic E-state index is 13.5. The number of aromatic nitrogens is 1. The van der Waals surface area contributed by atoms with Gasteiger partial charge in [-0.05, 0) is 42.7 Å². The first-order valence-corrected chi connectivity index (χ1v) is 10.3. The number of ether oxygens (including phenoxy) is 2. The maximum Gasteiger partial charge on any atom is 0.278 e. The van der Waals surface area contributed by atoms with Crippen molar-refractivity contribution in [2.24, 2.45) is 0 Å². The zero-order valence-corrected chi connectivity index (χ0v) is 18.6. The van der Waals surface area contributed by atoms with Crippen LogP contribution in [0.3, 0.4) is 0 Å². The molecule has 0 spiro atoms. The predicted octanol–water partition coefficient (Wildman–Crippen LogP) is 2.57. The Labute approximate surface area is 183 Å². The molecule has 0 bridgehead atoms. The fourth-order valence-corrected chi connectivity index (χ4v) is 3.55. The lowest BCUT2D eigenvalue weighted by molar-refractivity contribution is -0.138. The third-order valence-corrected chi connectivity index (χ3v) is 5.43. The third-order valence-electron chi connectivity index (χ3n) is 5.43. The number of amides is 2. The smallest absolute Gasteiger partial charge is 0.278 e. The van der Waals surface area contributed by atoms with E-state index in [0.29, 0.717) is 43.3 Å². The van der Waals surface area contributed by atoms with Gasteiger partial charge < -0.3 is 14.4 Å². The predicted molar refractivity (Wildman–Crippen MR) is 118 cm³/mol. The molecule has 0 saturated carbocycles. The molecule has 1 aromatic carbocycles. The van der Waals surface area contributed by atoms with Crippen LogP contribution in [0.15, 0.2) is 48.3 Å². The van der Waals surface area contributed by atoms with Crippen molar-refractivity contribution in [3.8, 4) is 0 Å². The van der Waals surface area contributed by atoms with Crippen molar-refractivity contribution in [2.45, 2.75) is 20.4 Å². The van der Waals surface area contributed by atoms with Crippen LogP contribution in [0.1, 0.15) is 22.4 Å². The van der Waals surface area contributed by atoms with Crippen molar-refractivity contribution < 1.29 is 19.1 Å². The van der Waals surface area contributed by atoms with E-state index in [4.69, 9.17) is 9.47 Å². The van der Waals surface area contributed by atoms with Gasteiger partial charge >= 0.3 is 0 Å². The number of hydrogen-bond donors (Lipinski definition) is 0. The van der Waals surface area contributed by atoms with Crippen molar-refractivity contribution >= 4 is 17.4 Å². The van der Waals surface area contributed by atoms with Crippen LogP contribution in [0.2, 0.25) is 0 Å². The van der Waals surface area contributed by atoms with Crippen LogP contribution in [-0.4, -0.2) is 67.1 Å². The van der Waals surface area contributed by atoms with Gasteiger partial charge in [-0.2, -0.15) is 0 Å². The molecule has 7 heteroatoms. The Kier molecular flexibility index (Phi) is 7.55. The van der Waals surface area contributed by atoms with Crippen LogP contribution >= 0.6 is 0 Å². The number of carbonyl (C=O) groups excluding carboxylic acids is 2. The molecule has 2 amide bonds. The van der Waals surface area contributed by atoms with Gasteiger partial charge in [-0.25, -0.2) is 0 Å². The average Bonchev–Trinajstić information content (AvgIpc) is 3.01. The van der Waals surface area contributed by atoms with Gasteiger partial charge in [-0.3, -0.25) is 19.5 Å². The van der Waals surface area contributed by atoms with Crippen molar-refractivity contribution in [1.82, 2.24) is 14.8 Å². The number of imide groups is 1. The molecule has 7 nitrogen and oxygen atoms in total. The standard InChI is InChI=1S/C24H29N3O4/c1-17-8-9-19(15-18(17)2)21-22(26(11-13-30-3)12-14-31-4)24(29)27(23(21)28)16-20-7-5-6-10-25-20/h5-10,15H,11-14,16H2,1-4H3. The molecule has 164 valence electrons. The summed E-state index contributed by atoms with van der Waals surface area (Å²) < 4.78 is 10.5. The molecule has 2 aromatic rings. The number of aryl methyl sites for hydroxylation is 2. The highest BCUT2D eigenvalue weighted by molar-refractivity contribution is 6.35. The Balaban J connectivity index is 2.07. The summed E-state index contributed by atoms with van der Waals surface area (Å²) in [6.07, 6.45) is 1.66. The maximum absolute atomic E-state index is 13.5. The molecule has 1 aliphatic rings. The van der Waals surface area contributed by atoms with Gasteiger partial charge in [-0.1, -0.05) is 24.3 Å². The highest BCUT2D eigenvalue weighted by Crippen LogP contribution is 2.33. The van der Waals surface area contributed by atoms with Gasteiger partial charge in [0, 0.05) is 33.5 Å². The van der Waals surface area contributed by atoms with Gasteiger partial charge in [0.05, 0.1) is 31.0 Å². The van der Waals surface area contributed by atoms with Gasteiger partial charge in [0.2, 0.25) is 0 Å². The Morgan fingerprint density at radius 2 is 1.65 bits per heavy atom. The van der Waals surface area contributed by atoms with Crippen LogP contribution in [0.5, 0.6) is 0 Å². The Hall–Kier alpha value is -3.03. The van der Waals surface area contributed by atoms with E-state index in [0.717, 1.165) is 16.7 Å². The van der Waals surface area contributed by atoms with Crippen LogP contribution in [0.25, 0.3) is 5.57 Å². The van der Waals surface area contributed by atoms with E-state index in [2.05, 4.69) is 4.98 Å². The molecule has 0 saturated heterocycles. The lowest BCUT2D eigenvalue weighted by atomic mass is 9.99. The van der Waals surface area contributed by atoms with Crippen LogP contribution in [0.4, 0.5) is 0 Å². The number of pyridine rings is 1. The quantitative estimate of drug-likeness (QED) is 0.547. The second-order valence-electron chi connectivity index (χ2n) is 7.51. The summed E-state index contributed by atoms with van der Waals surface area (Å²) in [5.41, 5.74) is 4.39. The minimum absolute atomic E-state index is 0.124. The number of methoxy groups -OCH3 is 2. The molecule has 3 rings (SSSR count). The number of carbonyl (C=O) groups is 2. The fourth-order valence-electron chi connectivity index (χ4n) is 3.55. The lowest BCUT2D eigenvalue weighted by Crippen LogP contribution is -2.37. The fraction of sp³-hybridized carbons (Fsp3) is 0.375. The number of hydrogen-bond acceptors (Lipinski definition) is 6. The number of rotatable bonds is 10. The van der Waals surface area contributed by atoms with E-state index >= 15 is 0 Å². The van der Waals surface area contributed by atoms with Crippen molar-refractivity contribution in [3.05, 3.63) is 70.7 Å². The molecule has 0 aliphatic carbocycles. The normalized spacial score (nSPS) is 14.0. The highest BCUT2D eigenvalue weighted by atomic mass is 16.5. The second kappa shape index (κ2) is 10.3. The number of benzene rings is 1. The summed E-state index contributed by atoms with van der Waals surface area (Å²) in [4.78, 5) is 34.5. The minimum Gasteiger partial charge on any atom is -0.383 e. The summed E-state index contributed by atoms with van der Waals surface area (Å²) >= 11 is 0. The Morgan fingerprint density at radius 3 is 2.23 bits per heavy atom. The second-order valence-corrected chi connectivity index (χ2v) is 7.51. The van der Waals surface area contributed by atoms with Crippen LogP contribution in [-0.2, 0) is 25.6 Å². The molecule has 31 heavy (non-hydrogen) atoms. The van der Waals surface area contributed by atoms with Gasteiger partial charge in [0.1, 0.15) is 5.70 Å². The zero-order chi connectivity index (χ0) is 22.4. The molecule has 0 atom stereocenters. The molecule has 1 aromatic heterocycles. The zero-order valence-electron chi connectivity index (χ0n) is 18.6. The van der Waals surface area contributed by atoms with E-state index in [1.807, 2.05) is 49.1 Å². The molecular weight excluding hydrogens is 394 g/mol. The van der Waals surface area contributed by atoms with Crippen LogP contribution < -0.4 is 0 Å². The molecule has 0 fully saturated rings. The SMILES string of the molecule is COCCN(CCOC)C1=C(c2ccc(C)c(C)c2)C(=O)N(Cc2ccccn2)C1=O. The first-order valence-electron chi connectivity index (χ1n) is 10.3. The van der Waals surface area contributed by atoms with E-state index < -0.39 is 0 Å². The monoisotopic (exact) mass is 423 g/mol. The summed E-state index contributed by atoms with van der Waals surface area (Å²) in [5, 5.41) is 0. The molecule has 2 heterocycles.